The number of benzene rings is 3. The lowest BCUT2D eigenvalue weighted by Crippen LogP contribution is -2.39. The Morgan fingerprint density at radius 2 is 1.90 bits per heavy atom. The number of nitrogens with zero attached hydrogens (tertiary/aromatic N) is 3. The highest BCUT2D eigenvalue weighted by molar-refractivity contribution is 6.32. The van der Waals surface area contributed by atoms with Crippen molar-refractivity contribution in [2.45, 2.75) is 45.6 Å². The van der Waals surface area contributed by atoms with Gasteiger partial charge in [-0.1, -0.05) is 41.9 Å². The zero-order valence-electron chi connectivity index (χ0n) is 22.1. The van der Waals surface area contributed by atoms with Gasteiger partial charge >= 0.3 is 0 Å². The molecule has 5 rings (SSSR count). The lowest BCUT2D eigenvalue weighted by atomic mass is 9.74. The molecule has 8 nitrogen and oxygen atoms in total. The van der Waals surface area contributed by atoms with Crippen LogP contribution in [-0.2, 0) is 11.4 Å². The minimum absolute atomic E-state index is 0.0595. The molecule has 2 N–H and O–H groups in total. The molecule has 0 fully saturated rings. The van der Waals surface area contributed by atoms with Gasteiger partial charge < -0.3 is 10.5 Å². The van der Waals surface area contributed by atoms with Crippen LogP contribution in [0.5, 0.6) is 5.75 Å². The van der Waals surface area contributed by atoms with Crippen molar-refractivity contribution < 1.29 is 14.5 Å². The maximum Gasteiger partial charge on any atom is 0.271 e. The second kappa shape index (κ2) is 10.9. The van der Waals surface area contributed by atoms with Crippen LogP contribution in [0.1, 0.15) is 47.4 Å². The fourth-order valence-electron chi connectivity index (χ4n) is 5.54. The number of nitrogens with two attached hydrogens (primary N) is 1. The van der Waals surface area contributed by atoms with Gasteiger partial charge in [0.05, 0.1) is 33.2 Å². The number of ketones is 1. The lowest BCUT2D eigenvalue weighted by molar-refractivity contribution is -0.384. The summed E-state index contributed by atoms with van der Waals surface area (Å²) in [7, 11) is 0. The summed E-state index contributed by atoms with van der Waals surface area (Å²) in [5.74, 6) is -0.00117. The van der Waals surface area contributed by atoms with Gasteiger partial charge in [0, 0.05) is 29.8 Å². The molecule has 0 radical (unpaired) electrons. The smallest absolute Gasteiger partial charge is 0.271 e. The number of Topliss-reactive ketones (excluding diaryl/α,β-unsaturated/α-hetero) is 1. The van der Waals surface area contributed by atoms with E-state index >= 15 is 0 Å². The summed E-state index contributed by atoms with van der Waals surface area (Å²) in [4.78, 5) is 26.2. The van der Waals surface area contributed by atoms with Crippen LogP contribution < -0.4 is 15.4 Å². The molecule has 202 valence electrons. The van der Waals surface area contributed by atoms with Crippen molar-refractivity contribution in [3.8, 4) is 11.8 Å². The summed E-state index contributed by atoms with van der Waals surface area (Å²) in [5.41, 5.74) is 12.0. The van der Waals surface area contributed by atoms with E-state index in [1.165, 1.54) is 12.1 Å². The minimum Gasteiger partial charge on any atom is -0.487 e. The number of allylic oxidation sites excluding steroid dienone is 3. The van der Waals surface area contributed by atoms with E-state index in [1.807, 2.05) is 38.1 Å². The highest BCUT2D eigenvalue weighted by Crippen LogP contribution is 2.47. The molecule has 1 unspecified atom stereocenters. The molecule has 0 aromatic heterocycles. The first kappa shape index (κ1) is 27.0. The van der Waals surface area contributed by atoms with Gasteiger partial charge in [-0.05, 0) is 67.1 Å². The number of nitro benzene ring substituents is 1. The van der Waals surface area contributed by atoms with Crippen molar-refractivity contribution in [3.63, 3.8) is 0 Å². The Balaban J connectivity index is 1.64. The number of para-hydroxylation sites is 1. The van der Waals surface area contributed by atoms with Gasteiger partial charge in [-0.15, -0.1) is 0 Å². The third kappa shape index (κ3) is 4.80. The number of nitro groups is 1. The first-order valence-electron chi connectivity index (χ1n) is 12.9. The molecule has 0 bridgehead atoms. The van der Waals surface area contributed by atoms with Crippen LogP contribution in [0.3, 0.4) is 0 Å². The zero-order chi connectivity index (χ0) is 28.6. The molecule has 0 saturated carbocycles. The number of rotatable bonds is 6. The Morgan fingerprint density at radius 3 is 2.62 bits per heavy atom. The Labute approximate surface area is 237 Å². The van der Waals surface area contributed by atoms with Crippen LogP contribution >= 0.6 is 11.6 Å². The fourth-order valence-corrected chi connectivity index (χ4v) is 5.73. The number of non-ortho nitro benzene ring substituents is 1. The van der Waals surface area contributed by atoms with Crippen molar-refractivity contribution in [2.75, 3.05) is 4.90 Å². The summed E-state index contributed by atoms with van der Waals surface area (Å²) in [6, 6.07) is 19.6. The van der Waals surface area contributed by atoms with Crippen molar-refractivity contribution >= 4 is 28.8 Å². The van der Waals surface area contributed by atoms with Gasteiger partial charge in [-0.25, -0.2) is 0 Å². The second-order valence-corrected chi connectivity index (χ2v) is 10.4. The number of carbonyl (C=O) groups excluding carboxylic acids is 1. The van der Waals surface area contributed by atoms with E-state index in [4.69, 9.17) is 22.1 Å². The number of nitriles is 1. The monoisotopic (exact) mass is 554 g/mol. The molecule has 9 heteroatoms. The third-order valence-corrected chi connectivity index (χ3v) is 7.78. The van der Waals surface area contributed by atoms with E-state index in [9.17, 15) is 20.2 Å². The minimum atomic E-state index is -0.664. The molecule has 0 amide bonds. The second-order valence-electron chi connectivity index (χ2n) is 9.95. The van der Waals surface area contributed by atoms with Crippen molar-refractivity contribution in [1.82, 2.24) is 0 Å². The molecule has 1 heterocycles. The average molecular weight is 555 g/mol. The molecular weight excluding hydrogens is 528 g/mol. The summed E-state index contributed by atoms with van der Waals surface area (Å²) in [6.07, 6.45) is 1.52. The Kier molecular flexibility index (Phi) is 7.33. The maximum absolute atomic E-state index is 13.5. The number of hydrogen-bond donors (Lipinski definition) is 1. The highest BCUT2D eigenvalue weighted by Gasteiger charge is 2.41. The number of anilines is 1. The van der Waals surface area contributed by atoms with Gasteiger partial charge in [-0.3, -0.25) is 19.8 Å². The van der Waals surface area contributed by atoms with Crippen LogP contribution in [0.25, 0.3) is 0 Å². The van der Waals surface area contributed by atoms with Crippen molar-refractivity contribution in [3.05, 3.63) is 121 Å². The topological polar surface area (TPSA) is 122 Å². The number of hydrogen-bond acceptors (Lipinski definition) is 7. The molecule has 3 aromatic rings. The van der Waals surface area contributed by atoms with E-state index in [0.717, 1.165) is 22.3 Å². The average Bonchev–Trinajstić information content (AvgIpc) is 2.93. The van der Waals surface area contributed by atoms with Gasteiger partial charge in [0.25, 0.3) is 5.69 Å². The van der Waals surface area contributed by atoms with Crippen molar-refractivity contribution in [1.29, 1.82) is 5.26 Å². The Bertz CT molecular complexity index is 1650. The van der Waals surface area contributed by atoms with Crippen LogP contribution in [0.4, 0.5) is 11.4 Å². The molecular formula is C31H27ClN4O4. The number of carbonyl (C=O) groups is 1. The predicted molar refractivity (Wildman–Crippen MR) is 153 cm³/mol. The first-order valence-corrected chi connectivity index (χ1v) is 13.3. The number of halogens is 1. The molecule has 1 aliphatic carbocycles. The van der Waals surface area contributed by atoms with E-state index < -0.39 is 10.8 Å². The number of aryl methyl sites for hydroxylation is 2. The number of ether oxygens (including phenoxy) is 1. The third-order valence-electron chi connectivity index (χ3n) is 7.47. The quantitative estimate of drug-likeness (QED) is 0.264. The van der Waals surface area contributed by atoms with E-state index in [-0.39, 0.29) is 29.5 Å². The molecule has 1 atom stereocenters. The van der Waals surface area contributed by atoms with Crippen molar-refractivity contribution in [2.24, 2.45) is 5.73 Å². The molecule has 3 aromatic carbocycles. The first-order chi connectivity index (χ1) is 19.2. The van der Waals surface area contributed by atoms with Gasteiger partial charge in [0.2, 0.25) is 0 Å². The van der Waals surface area contributed by atoms with Crippen LogP contribution in [0, 0.1) is 35.3 Å². The predicted octanol–water partition coefficient (Wildman–Crippen LogP) is 6.75. The standard InChI is InChI=1S/C31H27ClN4O4/c1-18-13-19(2)23(14-20(18)17-40-28-12-4-3-9-25(28)32)29-24(16-33)31(34)35(26-10-6-11-27(37)30(26)29)21-7-5-8-22(15-21)36(38)39/h3-5,7-9,12-15,29H,6,10-11,17,34H2,1-2H3. The normalized spacial score (nSPS) is 17.0. The van der Waals surface area contributed by atoms with Gasteiger partial charge in [0.15, 0.2) is 5.78 Å². The fraction of sp³-hybridized carbons (Fsp3) is 0.226. The van der Waals surface area contributed by atoms with Gasteiger partial charge in [0.1, 0.15) is 18.2 Å². The summed E-state index contributed by atoms with van der Waals surface area (Å²) >= 11 is 6.28. The van der Waals surface area contributed by atoms with E-state index in [1.54, 1.807) is 29.2 Å². The summed E-state index contributed by atoms with van der Waals surface area (Å²) in [6.45, 7) is 4.18. The molecule has 0 saturated heterocycles. The molecule has 1 aliphatic heterocycles. The van der Waals surface area contributed by atoms with E-state index in [0.29, 0.717) is 47.0 Å². The zero-order valence-corrected chi connectivity index (χ0v) is 22.9. The molecule has 0 spiro atoms. The SMILES string of the molecule is Cc1cc(C)c(C2C(C#N)=C(N)N(c3cccc([N+](=O)[O-])c3)C3=C2C(=O)CCC3)cc1COc1ccccc1Cl. The van der Waals surface area contributed by atoms with E-state index in [2.05, 4.69) is 6.07 Å². The van der Waals surface area contributed by atoms with Crippen LogP contribution in [0.15, 0.2) is 83.3 Å². The lowest BCUT2D eigenvalue weighted by Gasteiger charge is -2.40. The maximum atomic E-state index is 13.5. The largest absolute Gasteiger partial charge is 0.487 e. The van der Waals surface area contributed by atoms with Gasteiger partial charge in [-0.2, -0.15) is 5.26 Å². The highest BCUT2D eigenvalue weighted by atomic mass is 35.5. The summed E-state index contributed by atoms with van der Waals surface area (Å²) in [5, 5.41) is 22.4. The Hall–Kier alpha value is -4.61. The molecule has 40 heavy (non-hydrogen) atoms. The molecule has 2 aliphatic rings. The van der Waals surface area contributed by atoms with Crippen LogP contribution in [0.2, 0.25) is 5.02 Å². The summed E-state index contributed by atoms with van der Waals surface area (Å²) < 4.78 is 6.02. The Morgan fingerprint density at radius 1 is 1.12 bits per heavy atom. The van der Waals surface area contributed by atoms with Crippen LogP contribution in [-0.4, -0.2) is 10.7 Å².